The summed E-state index contributed by atoms with van der Waals surface area (Å²) in [6.45, 7) is 2.09. The lowest BCUT2D eigenvalue weighted by atomic mass is 9.97. The molecule has 0 aliphatic carbocycles. The van der Waals surface area contributed by atoms with E-state index in [4.69, 9.17) is 9.72 Å². The molecule has 4 aromatic rings. The molecule has 0 fully saturated rings. The number of fused-ring (bicyclic) bond motifs is 1. The summed E-state index contributed by atoms with van der Waals surface area (Å²) in [7, 11) is 3.56. The third-order valence-electron chi connectivity index (χ3n) is 4.60. The molecule has 0 radical (unpaired) electrons. The van der Waals surface area contributed by atoms with Crippen molar-refractivity contribution >= 4 is 16.7 Å². The average molecular weight is 356 g/mol. The summed E-state index contributed by atoms with van der Waals surface area (Å²) in [6.07, 6.45) is 3.52. The maximum atomic E-state index is 5.55. The zero-order valence-corrected chi connectivity index (χ0v) is 15.5. The molecule has 5 nitrogen and oxygen atoms in total. The zero-order chi connectivity index (χ0) is 18.8. The van der Waals surface area contributed by atoms with Gasteiger partial charge >= 0.3 is 0 Å². The predicted molar refractivity (Wildman–Crippen MR) is 109 cm³/mol. The number of methoxy groups -OCH3 is 1. The number of hydrogen-bond acceptors (Lipinski definition) is 5. The lowest BCUT2D eigenvalue weighted by Gasteiger charge is -2.14. The van der Waals surface area contributed by atoms with Crippen molar-refractivity contribution in [2.75, 3.05) is 19.5 Å². The minimum Gasteiger partial charge on any atom is -0.496 e. The van der Waals surface area contributed by atoms with Crippen LogP contribution >= 0.6 is 0 Å². The van der Waals surface area contributed by atoms with Gasteiger partial charge in [0.1, 0.15) is 11.6 Å². The summed E-state index contributed by atoms with van der Waals surface area (Å²) in [4.78, 5) is 13.7. The van der Waals surface area contributed by atoms with Crippen LogP contribution in [-0.2, 0) is 0 Å². The minimum atomic E-state index is 0.648. The molecular formula is C22H20N4O. The first-order chi connectivity index (χ1) is 13.2. The van der Waals surface area contributed by atoms with Crippen molar-refractivity contribution in [1.29, 1.82) is 0 Å². The van der Waals surface area contributed by atoms with Crippen molar-refractivity contribution in [3.63, 3.8) is 0 Å². The zero-order valence-electron chi connectivity index (χ0n) is 15.5. The first-order valence-electron chi connectivity index (χ1n) is 8.75. The molecule has 0 spiro atoms. The second-order valence-corrected chi connectivity index (χ2v) is 6.27. The van der Waals surface area contributed by atoms with Crippen molar-refractivity contribution in [2.24, 2.45) is 0 Å². The van der Waals surface area contributed by atoms with Gasteiger partial charge in [-0.1, -0.05) is 18.2 Å². The average Bonchev–Trinajstić information content (AvgIpc) is 2.73. The van der Waals surface area contributed by atoms with E-state index in [0.29, 0.717) is 5.82 Å². The van der Waals surface area contributed by atoms with Crippen LogP contribution in [0.25, 0.3) is 33.4 Å². The fourth-order valence-electron chi connectivity index (χ4n) is 3.26. The van der Waals surface area contributed by atoms with Gasteiger partial charge in [-0.05, 0) is 48.4 Å². The normalized spacial score (nSPS) is 10.8. The molecule has 0 saturated heterocycles. The van der Waals surface area contributed by atoms with Gasteiger partial charge in [-0.15, -0.1) is 0 Å². The van der Waals surface area contributed by atoms with Crippen molar-refractivity contribution in [3.8, 4) is 28.3 Å². The molecule has 0 bridgehead atoms. The first kappa shape index (κ1) is 17.0. The van der Waals surface area contributed by atoms with E-state index in [9.17, 15) is 0 Å². The Bertz CT molecular complexity index is 1110. The summed E-state index contributed by atoms with van der Waals surface area (Å²) in [5.74, 6) is 2.29. The molecule has 1 N–H and O–H groups in total. The molecule has 0 atom stereocenters. The van der Waals surface area contributed by atoms with E-state index in [-0.39, 0.29) is 0 Å². The number of benzene rings is 2. The summed E-state index contributed by atoms with van der Waals surface area (Å²) in [5, 5.41) is 4.18. The second-order valence-electron chi connectivity index (χ2n) is 6.27. The van der Waals surface area contributed by atoms with E-state index in [1.54, 1.807) is 19.5 Å². The summed E-state index contributed by atoms with van der Waals surface area (Å²) >= 11 is 0. The van der Waals surface area contributed by atoms with Crippen LogP contribution in [0.2, 0.25) is 0 Å². The lowest BCUT2D eigenvalue weighted by molar-refractivity contribution is 0.416. The van der Waals surface area contributed by atoms with Crippen LogP contribution in [0.1, 0.15) is 5.56 Å². The number of hydrogen-bond donors (Lipinski definition) is 1. The third-order valence-corrected chi connectivity index (χ3v) is 4.60. The molecule has 4 rings (SSSR count). The van der Waals surface area contributed by atoms with Gasteiger partial charge in [0.2, 0.25) is 0 Å². The highest BCUT2D eigenvalue weighted by Crippen LogP contribution is 2.36. The van der Waals surface area contributed by atoms with Crippen LogP contribution in [0.3, 0.4) is 0 Å². The van der Waals surface area contributed by atoms with E-state index in [1.165, 1.54) is 0 Å². The lowest BCUT2D eigenvalue weighted by Crippen LogP contribution is -2.00. The molecule has 2 aromatic carbocycles. The molecule has 0 aliphatic rings. The summed E-state index contributed by atoms with van der Waals surface area (Å²) in [6, 6.07) is 16.1. The number of nitrogens with zero attached hydrogens (tertiary/aromatic N) is 3. The van der Waals surface area contributed by atoms with E-state index in [2.05, 4.69) is 40.4 Å². The van der Waals surface area contributed by atoms with E-state index < -0.39 is 0 Å². The maximum absolute atomic E-state index is 5.55. The van der Waals surface area contributed by atoms with Crippen LogP contribution < -0.4 is 10.1 Å². The molecule has 2 aromatic heterocycles. The van der Waals surface area contributed by atoms with Gasteiger partial charge in [0, 0.05) is 36.0 Å². The molecule has 2 heterocycles. The number of nitrogens with one attached hydrogen (secondary N) is 1. The Hall–Kier alpha value is -3.47. The van der Waals surface area contributed by atoms with E-state index >= 15 is 0 Å². The Morgan fingerprint density at radius 2 is 1.81 bits per heavy atom. The van der Waals surface area contributed by atoms with E-state index in [1.807, 2.05) is 37.4 Å². The largest absolute Gasteiger partial charge is 0.496 e. The van der Waals surface area contributed by atoms with Gasteiger partial charge in [-0.2, -0.15) is 0 Å². The number of para-hydroxylation sites is 1. The van der Waals surface area contributed by atoms with Gasteiger partial charge in [-0.3, -0.25) is 4.98 Å². The molecule has 5 heteroatoms. The summed E-state index contributed by atoms with van der Waals surface area (Å²) in [5.41, 5.74) is 5.04. The molecule has 27 heavy (non-hydrogen) atoms. The van der Waals surface area contributed by atoms with Crippen molar-refractivity contribution in [1.82, 2.24) is 15.0 Å². The summed E-state index contributed by atoms with van der Waals surface area (Å²) < 4.78 is 5.55. The van der Waals surface area contributed by atoms with Crippen LogP contribution in [-0.4, -0.2) is 29.1 Å². The number of ether oxygens (including phenoxy) is 1. The maximum Gasteiger partial charge on any atom is 0.163 e. The standard InChI is InChI=1S/C22H20N4O/c1-14-11-18-19(12-17(14)16-8-4-5-9-20(16)27-3)25-21(26-22(18)23-2)15-7-6-10-24-13-15/h4-13H,1-3H3,(H,23,25,26). The number of aryl methyl sites for hydroxylation is 1. The Labute approximate surface area is 158 Å². The Morgan fingerprint density at radius 1 is 0.963 bits per heavy atom. The van der Waals surface area contributed by atoms with Crippen molar-refractivity contribution in [2.45, 2.75) is 6.92 Å². The van der Waals surface area contributed by atoms with Gasteiger partial charge in [0.15, 0.2) is 5.82 Å². The highest BCUT2D eigenvalue weighted by atomic mass is 16.5. The molecule has 134 valence electrons. The van der Waals surface area contributed by atoms with Crippen LogP contribution in [0.5, 0.6) is 5.75 Å². The van der Waals surface area contributed by atoms with Gasteiger partial charge < -0.3 is 10.1 Å². The molecule has 0 aliphatic heterocycles. The minimum absolute atomic E-state index is 0.648. The van der Waals surface area contributed by atoms with Crippen molar-refractivity contribution in [3.05, 3.63) is 66.5 Å². The third kappa shape index (κ3) is 3.08. The fourth-order valence-corrected chi connectivity index (χ4v) is 3.26. The van der Waals surface area contributed by atoms with Crippen LogP contribution in [0, 0.1) is 6.92 Å². The van der Waals surface area contributed by atoms with Gasteiger partial charge in [-0.25, -0.2) is 9.97 Å². The molecule has 0 amide bonds. The van der Waals surface area contributed by atoms with Gasteiger partial charge in [0.05, 0.1) is 12.6 Å². The first-order valence-corrected chi connectivity index (χ1v) is 8.75. The SMILES string of the molecule is CNc1nc(-c2cccnc2)nc2cc(-c3ccccc3OC)c(C)cc12. The van der Waals surface area contributed by atoms with E-state index in [0.717, 1.165) is 44.7 Å². The number of pyridine rings is 1. The van der Waals surface area contributed by atoms with Gasteiger partial charge in [0.25, 0.3) is 0 Å². The topological polar surface area (TPSA) is 59.9 Å². The number of aromatic nitrogens is 3. The highest BCUT2D eigenvalue weighted by Gasteiger charge is 2.14. The van der Waals surface area contributed by atoms with Crippen LogP contribution in [0.4, 0.5) is 5.82 Å². The molecule has 0 saturated carbocycles. The molecular weight excluding hydrogens is 336 g/mol. The predicted octanol–water partition coefficient (Wildman–Crippen LogP) is 4.72. The Morgan fingerprint density at radius 3 is 2.56 bits per heavy atom. The highest BCUT2D eigenvalue weighted by molar-refractivity contribution is 5.95. The fraction of sp³-hybridized carbons (Fsp3) is 0.136. The number of rotatable bonds is 4. The quantitative estimate of drug-likeness (QED) is 0.573. The monoisotopic (exact) mass is 356 g/mol. The Kier molecular flexibility index (Phi) is 4.42. The molecule has 0 unspecified atom stereocenters. The number of anilines is 1. The van der Waals surface area contributed by atoms with Crippen molar-refractivity contribution < 1.29 is 4.74 Å². The van der Waals surface area contributed by atoms with Crippen LogP contribution in [0.15, 0.2) is 60.9 Å². The smallest absolute Gasteiger partial charge is 0.163 e. The Balaban J connectivity index is 1.97. The second kappa shape index (κ2) is 7.03.